The maximum Gasteiger partial charge on any atom is 0.234 e. The Bertz CT molecular complexity index is 848. The number of carbonyl (C=O) groups excluding carboxylic acids is 1. The number of amides is 1. The standard InChI is InChI=1S/C22H21NO2S/c1-17-10-12-19(13-11-17)23-22(24)16-26-15-18-6-5-9-21(14-18)25-20-7-3-2-4-8-20/h2-14H,15-16H2,1H3,(H,23,24). The molecule has 0 unspecified atom stereocenters. The van der Waals surface area contributed by atoms with Gasteiger partial charge in [-0.1, -0.05) is 48.0 Å². The number of anilines is 1. The average Bonchev–Trinajstić information content (AvgIpc) is 2.65. The molecule has 0 aliphatic heterocycles. The topological polar surface area (TPSA) is 38.3 Å². The van der Waals surface area contributed by atoms with Crippen molar-refractivity contribution >= 4 is 23.4 Å². The first-order valence-corrected chi connectivity index (χ1v) is 9.60. The van der Waals surface area contributed by atoms with E-state index < -0.39 is 0 Å². The molecule has 3 aromatic rings. The second kappa shape index (κ2) is 9.11. The Morgan fingerprint density at radius 3 is 2.42 bits per heavy atom. The summed E-state index contributed by atoms with van der Waals surface area (Å²) in [5.41, 5.74) is 3.14. The second-order valence-corrected chi connectivity index (χ2v) is 6.96. The number of rotatable bonds is 7. The van der Waals surface area contributed by atoms with Gasteiger partial charge in [-0.25, -0.2) is 0 Å². The maximum atomic E-state index is 12.0. The molecule has 0 atom stereocenters. The molecule has 0 fully saturated rings. The number of ether oxygens (including phenoxy) is 1. The van der Waals surface area contributed by atoms with E-state index in [1.807, 2.05) is 85.8 Å². The van der Waals surface area contributed by atoms with Crippen LogP contribution in [0.15, 0.2) is 78.9 Å². The minimum Gasteiger partial charge on any atom is -0.457 e. The van der Waals surface area contributed by atoms with Crippen LogP contribution in [-0.4, -0.2) is 11.7 Å². The molecular weight excluding hydrogens is 342 g/mol. The van der Waals surface area contributed by atoms with Crippen molar-refractivity contribution in [1.29, 1.82) is 0 Å². The summed E-state index contributed by atoms with van der Waals surface area (Å²) in [5, 5.41) is 2.91. The number of carbonyl (C=O) groups is 1. The second-order valence-electron chi connectivity index (χ2n) is 5.97. The molecular formula is C22H21NO2S. The van der Waals surface area contributed by atoms with Crippen molar-refractivity contribution in [2.75, 3.05) is 11.1 Å². The fraction of sp³-hybridized carbons (Fsp3) is 0.136. The van der Waals surface area contributed by atoms with Crippen LogP contribution in [-0.2, 0) is 10.5 Å². The highest BCUT2D eigenvalue weighted by Crippen LogP contribution is 2.23. The molecule has 0 aliphatic carbocycles. The molecule has 26 heavy (non-hydrogen) atoms. The predicted molar refractivity (Wildman–Crippen MR) is 109 cm³/mol. The van der Waals surface area contributed by atoms with Crippen LogP contribution in [0.4, 0.5) is 5.69 Å². The molecule has 1 N–H and O–H groups in total. The van der Waals surface area contributed by atoms with Crippen LogP contribution in [0.5, 0.6) is 11.5 Å². The van der Waals surface area contributed by atoms with Gasteiger partial charge in [0.2, 0.25) is 5.91 Å². The zero-order valence-electron chi connectivity index (χ0n) is 14.6. The summed E-state index contributed by atoms with van der Waals surface area (Å²) in [6, 6.07) is 25.5. The van der Waals surface area contributed by atoms with Crippen LogP contribution in [0, 0.1) is 6.92 Å². The monoisotopic (exact) mass is 363 g/mol. The van der Waals surface area contributed by atoms with Crippen LogP contribution in [0.25, 0.3) is 0 Å². The fourth-order valence-corrected chi connectivity index (χ4v) is 3.19. The lowest BCUT2D eigenvalue weighted by Crippen LogP contribution is -2.14. The molecule has 3 rings (SSSR count). The zero-order valence-corrected chi connectivity index (χ0v) is 15.5. The Labute approximate surface area is 158 Å². The lowest BCUT2D eigenvalue weighted by atomic mass is 10.2. The van der Waals surface area contributed by atoms with Gasteiger partial charge in [-0.15, -0.1) is 11.8 Å². The molecule has 0 saturated carbocycles. The van der Waals surface area contributed by atoms with E-state index in [2.05, 4.69) is 5.32 Å². The van der Waals surface area contributed by atoms with E-state index in [0.717, 1.165) is 28.5 Å². The summed E-state index contributed by atoms with van der Waals surface area (Å²) >= 11 is 1.58. The van der Waals surface area contributed by atoms with E-state index >= 15 is 0 Å². The van der Waals surface area contributed by atoms with Crippen molar-refractivity contribution in [3.63, 3.8) is 0 Å². The highest BCUT2D eigenvalue weighted by molar-refractivity contribution is 7.99. The Morgan fingerprint density at radius 2 is 1.65 bits per heavy atom. The molecule has 1 amide bonds. The summed E-state index contributed by atoms with van der Waals surface area (Å²) in [6.07, 6.45) is 0. The van der Waals surface area contributed by atoms with Gasteiger partial charge in [0.1, 0.15) is 11.5 Å². The largest absolute Gasteiger partial charge is 0.457 e. The third-order valence-corrected chi connectivity index (χ3v) is 4.72. The number of hydrogen-bond donors (Lipinski definition) is 1. The summed E-state index contributed by atoms with van der Waals surface area (Å²) in [6.45, 7) is 2.02. The van der Waals surface area contributed by atoms with E-state index in [1.54, 1.807) is 11.8 Å². The maximum absolute atomic E-state index is 12.0. The fourth-order valence-electron chi connectivity index (χ4n) is 2.42. The molecule has 0 aromatic heterocycles. The van der Waals surface area contributed by atoms with Crippen molar-refractivity contribution < 1.29 is 9.53 Å². The Balaban J connectivity index is 1.48. The average molecular weight is 363 g/mol. The first kappa shape index (κ1) is 18.1. The molecule has 0 aliphatic rings. The molecule has 132 valence electrons. The predicted octanol–water partition coefficient (Wildman–Crippen LogP) is 5.66. The third-order valence-electron chi connectivity index (χ3n) is 3.71. The van der Waals surface area contributed by atoms with Crippen molar-refractivity contribution in [3.05, 3.63) is 90.0 Å². The van der Waals surface area contributed by atoms with Crippen LogP contribution < -0.4 is 10.1 Å². The zero-order chi connectivity index (χ0) is 18.2. The number of aryl methyl sites for hydroxylation is 1. The number of benzene rings is 3. The Hall–Kier alpha value is -2.72. The van der Waals surface area contributed by atoms with Gasteiger partial charge in [0.15, 0.2) is 0 Å². The number of nitrogens with one attached hydrogen (secondary N) is 1. The van der Waals surface area contributed by atoms with Crippen LogP contribution in [0.2, 0.25) is 0 Å². The lowest BCUT2D eigenvalue weighted by molar-refractivity contribution is -0.113. The van der Waals surface area contributed by atoms with Crippen molar-refractivity contribution in [2.45, 2.75) is 12.7 Å². The van der Waals surface area contributed by atoms with Crippen LogP contribution >= 0.6 is 11.8 Å². The van der Waals surface area contributed by atoms with Gasteiger partial charge in [-0.05, 0) is 48.9 Å². The van der Waals surface area contributed by atoms with Gasteiger partial charge in [0, 0.05) is 11.4 Å². The van der Waals surface area contributed by atoms with Gasteiger partial charge < -0.3 is 10.1 Å². The summed E-state index contributed by atoms with van der Waals surface area (Å²) < 4.78 is 5.85. The molecule has 3 aromatic carbocycles. The van der Waals surface area contributed by atoms with E-state index in [-0.39, 0.29) is 5.91 Å². The molecule has 0 radical (unpaired) electrons. The first-order chi connectivity index (χ1) is 12.7. The van der Waals surface area contributed by atoms with E-state index in [4.69, 9.17) is 4.74 Å². The van der Waals surface area contributed by atoms with E-state index in [0.29, 0.717) is 5.75 Å². The smallest absolute Gasteiger partial charge is 0.234 e. The highest BCUT2D eigenvalue weighted by Gasteiger charge is 2.04. The van der Waals surface area contributed by atoms with Crippen molar-refractivity contribution in [3.8, 4) is 11.5 Å². The number of hydrogen-bond acceptors (Lipinski definition) is 3. The SMILES string of the molecule is Cc1ccc(NC(=O)CSCc2cccc(Oc3ccccc3)c2)cc1. The first-order valence-electron chi connectivity index (χ1n) is 8.45. The Morgan fingerprint density at radius 1 is 0.923 bits per heavy atom. The lowest BCUT2D eigenvalue weighted by Gasteiger charge is -2.08. The normalized spacial score (nSPS) is 10.3. The molecule has 0 bridgehead atoms. The summed E-state index contributed by atoms with van der Waals surface area (Å²) in [4.78, 5) is 12.0. The van der Waals surface area contributed by atoms with Gasteiger partial charge >= 0.3 is 0 Å². The Kier molecular flexibility index (Phi) is 6.34. The van der Waals surface area contributed by atoms with Crippen molar-refractivity contribution in [2.24, 2.45) is 0 Å². The quantitative estimate of drug-likeness (QED) is 0.589. The summed E-state index contributed by atoms with van der Waals surface area (Å²) in [7, 11) is 0. The molecule has 4 heteroatoms. The molecule has 0 spiro atoms. The third kappa shape index (κ3) is 5.67. The van der Waals surface area contributed by atoms with Crippen LogP contribution in [0.3, 0.4) is 0 Å². The highest BCUT2D eigenvalue weighted by atomic mass is 32.2. The van der Waals surface area contributed by atoms with Gasteiger partial charge in [-0.3, -0.25) is 4.79 Å². The van der Waals surface area contributed by atoms with Crippen LogP contribution in [0.1, 0.15) is 11.1 Å². The van der Waals surface area contributed by atoms with E-state index in [9.17, 15) is 4.79 Å². The minimum atomic E-state index is 0.00976. The molecule has 0 saturated heterocycles. The number of thioether (sulfide) groups is 1. The number of para-hydroxylation sites is 1. The van der Waals surface area contributed by atoms with E-state index in [1.165, 1.54) is 5.56 Å². The van der Waals surface area contributed by atoms with Gasteiger partial charge in [-0.2, -0.15) is 0 Å². The molecule has 0 heterocycles. The molecule has 3 nitrogen and oxygen atoms in total. The van der Waals surface area contributed by atoms with Crippen molar-refractivity contribution in [1.82, 2.24) is 0 Å². The van der Waals surface area contributed by atoms with Gasteiger partial charge in [0.25, 0.3) is 0 Å². The summed E-state index contributed by atoms with van der Waals surface area (Å²) in [5.74, 6) is 2.80. The van der Waals surface area contributed by atoms with Gasteiger partial charge in [0.05, 0.1) is 5.75 Å². The minimum absolute atomic E-state index is 0.00976.